The largest absolute Gasteiger partial charge is 0.413 e. The van der Waals surface area contributed by atoms with Crippen molar-refractivity contribution in [3.05, 3.63) is 11.6 Å². The highest BCUT2D eigenvalue weighted by Crippen LogP contribution is 2.36. The zero-order chi connectivity index (χ0) is 11.3. The van der Waals surface area contributed by atoms with Crippen molar-refractivity contribution in [1.29, 1.82) is 0 Å². The van der Waals surface area contributed by atoms with E-state index in [1.807, 2.05) is 0 Å². The fourth-order valence-corrected chi connectivity index (χ4v) is 1.66. The summed E-state index contributed by atoms with van der Waals surface area (Å²) >= 11 is 0. The Labute approximate surface area is 84.3 Å². The molecular weight excluding hydrogens is 209 g/mol. The first-order valence-corrected chi connectivity index (χ1v) is 4.62. The van der Waals surface area contributed by atoms with Gasteiger partial charge in [0.15, 0.2) is 11.4 Å². The topological polar surface area (TPSA) is 56.7 Å². The Kier molecular flexibility index (Phi) is 2.04. The van der Waals surface area contributed by atoms with Gasteiger partial charge >= 0.3 is 6.18 Å². The number of alkyl halides is 3. The summed E-state index contributed by atoms with van der Waals surface area (Å²) in [5.41, 5.74) is 2.86. The van der Waals surface area contributed by atoms with Gasteiger partial charge in [0.25, 0.3) is 0 Å². The first kappa shape index (κ1) is 10.4. The van der Waals surface area contributed by atoms with Crippen LogP contribution in [0.5, 0.6) is 0 Å². The van der Waals surface area contributed by atoms with E-state index in [0.717, 1.165) is 13.3 Å². The van der Waals surface area contributed by atoms with Gasteiger partial charge in [0.2, 0.25) is 0 Å². The number of aryl methyl sites for hydroxylation is 1. The SMILES string of the molecule is CC(N)(c1nnc2n1CCC2)C(F)(F)F. The fraction of sp³-hybridized carbons (Fsp3) is 0.750. The molecule has 1 unspecified atom stereocenters. The molecule has 2 rings (SSSR count). The Morgan fingerprint density at radius 3 is 2.60 bits per heavy atom. The zero-order valence-corrected chi connectivity index (χ0v) is 8.17. The van der Waals surface area contributed by atoms with Crippen LogP contribution in [0.15, 0.2) is 0 Å². The number of nitrogens with zero attached hydrogens (tertiary/aromatic N) is 3. The van der Waals surface area contributed by atoms with E-state index in [1.165, 1.54) is 4.57 Å². The van der Waals surface area contributed by atoms with Crippen LogP contribution < -0.4 is 5.73 Å². The van der Waals surface area contributed by atoms with Gasteiger partial charge < -0.3 is 10.3 Å². The fourth-order valence-electron chi connectivity index (χ4n) is 1.66. The van der Waals surface area contributed by atoms with E-state index in [4.69, 9.17) is 5.73 Å². The van der Waals surface area contributed by atoms with E-state index in [0.29, 0.717) is 18.8 Å². The molecule has 0 radical (unpaired) electrons. The highest BCUT2D eigenvalue weighted by Gasteiger charge is 2.53. The molecule has 7 heteroatoms. The van der Waals surface area contributed by atoms with Crippen molar-refractivity contribution in [3.63, 3.8) is 0 Å². The van der Waals surface area contributed by atoms with Crippen molar-refractivity contribution in [2.45, 2.75) is 38.0 Å². The molecule has 2 heterocycles. The molecule has 0 aliphatic carbocycles. The van der Waals surface area contributed by atoms with Crippen LogP contribution in [0.2, 0.25) is 0 Å². The van der Waals surface area contributed by atoms with Crippen molar-refractivity contribution in [3.8, 4) is 0 Å². The van der Waals surface area contributed by atoms with Gasteiger partial charge in [-0.1, -0.05) is 0 Å². The highest BCUT2D eigenvalue weighted by atomic mass is 19.4. The summed E-state index contributed by atoms with van der Waals surface area (Å²) in [7, 11) is 0. The Hall–Kier alpha value is -1.11. The molecule has 84 valence electrons. The predicted molar refractivity (Wildman–Crippen MR) is 45.9 cm³/mol. The molecule has 0 spiro atoms. The van der Waals surface area contributed by atoms with Crippen molar-refractivity contribution in [2.75, 3.05) is 0 Å². The molecule has 1 aromatic rings. The first-order chi connectivity index (χ1) is 6.84. The molecule has 0 amide bonds. The Morgan fingerprint density at radius 2 is 2.00 bits per heavy atom. The van der Waals surface area contributed by atoms with Crippen molar-refractivity contribution in [2.24, 2.45) is 5.73 Å². The highest BCUT2D eigenvalue weighted by molar-refractivity contribution is 5.12. The van der Waals surface area contributed by atoms with E-state index in [9.17, 15) is 13.2 Å². The van der Waals surface area contributed by atoms with Gasteiger partial charge in [-0.3, -0.25) is 0 Å². The number of hydrogen-bond acceptors (Lipinski definition) is 3. The van der Waals surface area contributed by atoms with Gasteiger partial charge in [-0.15, -0.1) is 10.2 Å². The summed E-state index contributed by atoms with van der Waals surface area (Å²) in [5.74, 6) is 0.397. The molecule has 0 aromatic carbocycles. The predicted octanol–water partition coefficient (Wildman–Crippen LogP) is 0.960. The number of aromatic nitrogens is 3. The second kappa shape index (κ2) is 2.94. The van der Waals surface area contributed by atoms with E-state index >= 15 is 0 Å². The number of halogens is 3. The standard InChI is InChI=1S/C8H11F3N4/c1-7(12,8(9,10)11)6-14-13-5-3-2-4-15(5)6/h2-4,12H2,1H3. The minimum absolute atomic E-state index is 0.192. The summed E-state index contributed by atoms with van der Waals surface area (Å²) in [4.78, 5) is 0. The van der Waals surface area contributed by atoms with Crippen molar-refractivity contribution in [1.82, 2.24) is 14.8 Å². The van der Waals surface area contributed by atoms with Crippen molar-refractivity contribution < 1.29 is 13.2 Å². The minimum Gasteiger partial charge on any atom is -0.313 e. The third kappa shape index (κ3) is 1.41. The van der Waals surface area contributed by atoms with E-state index < -0.39 is 11.7 Å². The maximum absolute atomic E-state index is 12.7. The molecule has 1 aromatic heterocycles. The molecule has 0 saturated heterocycles. The Balaban J connectivity index is 2.46. The summed E-state index contributed by atoms with van der Waals surface area (Å²) in [5, 5.41) is 7.25. The molecule has 1 aliphatic heterocycles. The summed E-state index contributed by atoms with van der Waals surface area (Å²) in [6, 6.07) is 0. The van der Waals surface area contributed by atoms with Crippen LogP contribution in [0, 0.1) is 0 Å². The lowest BCUT2D eigenvalue weighted by Gasteiger charge is -2.26. The van der Waals surface area contributed by atoms with Crippen molar-refractivity contribution >= 4 is 0 Å². The Bertz CT molecular complexity index is 380. The monoisotopic (exact) mass is 220 g/mol. The summed E-state index contributed by atoms with van der Waals surface area (Å²) in [6.07, 6.45) is -3.05. The molecule has 1 atom stereocenters. The third-order valence-corrected chi connectivity index (χ3v) is 2.66. The van der Waals surface area contributed by atoms with Crippen LogP contribution >= 0.6 is 0 Å². The van der Waals surface area contributed by atoms with Crippen LogP contribution in [0.1, 0.15) is 25.0 Å². The van der Waals surface area contributed by atoms with Crippen LogP contribution in [0.3, 0.4) is 0 Å². The number of hydrogen-bond donors (Lipinski definition) is 1. The average molecular weight is 220 g/mol. The molecule has 0 fully saturated rings. The van der Waals surface area contributed by atoms with Gasteiger partial charge in [-0.2, -0.15) is 13.2 Å². The molecule has 1 aliphatic rings. The van der Waals surface area contributed by atoms with Gasteiger partial charge in [0, 0.05) is 13.0 Å². The molecule has 15 heavy (non-hydrogen) atoms. The van der Waals surface area contributed by atoms with Crippen LogP contribution in [-0.4, -0.2) is 20.9 Å². The summed E-state index contributed by atoms with van der Waals surface area (Å²) < 4.78 is 39.4. The Morgan fingerprint density at radius 1 is 1.33 bits per heavy atom. The molecule has 0 saturated carbocycles. The van der Waals surface area contributed by atoms with Gasteiger partial charge in [-0.05, 0) is 13.3 Å². The van der Waals surface area contributed by atoms with Crippen LogP contribution in [0.25, 0.3) is 0 Å². The number of rotatable bonds is 1. The molecule has 0 bridgehead atoms. The first-order valence-electron chi connectivity index (χ1n) is 4.62. The maximum Gasteiger partial charge on any atom is 0.413 e. The van der Waals surface area contributed by atoms with E-state index in [1.54, 1.807) is 0 Å². The zero-order valence-electron chi connectivity index (χ0n) is 8.17. The van der Waals surface area contributed by atoms with Gasteiger partial charge in [-0.25, -0.2) is 0 Å². The molecule has 4 nitrogen and oxygen atoms in total. The maximum atomic E-state index is 12.7. The second-order valence-corrected chi connectivity index (χ2v) is 3.90. The number of fused-ring (bicyclic) bond motifs is 1. The minimum atomic E-state index is -4.51. The lowest BCUT2D eigenvalue weighted by Crippen LogP contribution is -2.49. The summed E-state index contributed by atoms with van der Waals surface area (Å²) in [6.45, 7) is 1.43. The van der Waals surface area contributed by atoms with E-state index in [2.05, 4.69) is 10.2 Å². The quantitative estimate of drug-likeness (QED) is 0.766. The van der Waals surface area contributed by atoms with Crippen LogP contribution in [-0.2, 0) is 18.5 Å². The smallest absolute Gasteiger partial charge is 0.313 e. The second-order valence-electron chi connectivity index (χ2n) is 3.90. The third-order valence-electron chi connectivity index (χ3n) is 2.66. The van der Waals surface area contributed by atoms with Crippen LogP contribution in [0.4, 0.5) is 13.2 Å². The normalized spacial score (nSPS) is 20.1. The number of nitrogens with two attached hydrogens (primary N) is 1. The van der Waals surface area contributed by atoms with Gasteiger partial charge in [0.1, 0.15) is 5.82 Å². The molecule has 2 N–H and O–H groups in total. The van der Waals surface area contributed by atoms with Gasteiger partial charge in [0.05, 0.1) is 0 Å². The van der Waals surface area contributed by atoms with E-state index in [-0.39, 0.29) is 5.82 Å². The molecular formula is C8H11F3N4. The lowest BCUT2D eigenvalue weighted by molar-refractivity contribution is -0.187. The lowest BCUT2D eigenvalue weighted by atomic mass is 10.0. The average Bonchev–Trinajstić information content (AvgIpc) is 2.58.